The Hall–Kier alpha value is -0.650. The van der Waals surface area contributed by atoms with Crippen molar-refractivity contribution in [1.82, 2.24) is 15.1 Å². The van der Waals surface area contributed by atoms with Gasteiger partial charge >= 0.3 is 0 Å². The van der Waals surface area contributed by atoms with Crippen molar-refractivity contribution in [3.63, 3.8) is 0 Å². The molecule has 0 aliphatic carbocycles. The van der Waals surface area contributed by atoms with Crippen LogP contribution in [-0.2, 0) is 9.53 Å². The number of nitrogens with zero attached hydrogens (tertiary/aromatic N) is 2. The van der Waals surface area contributed by atoms with Crippen LogP contribution >= 0.6 is 0 Å². The minimum absolute atomic E-state index is 0.0481. The van der Waals surface area contributed by atoms with Gasteiger partial charge in [-0.3, -0.25) is 15.0 Å². The zero-order chi connectivity index (χ0) is 13.4. The second-order valence-corrected chi connectivity index (χ2v) is 6.05. The molecule has 0 aromatic carbocycles. The first-order chi connectivity index (χ1) is 9.19. The molecule has 3 saturated heterocycles. The zero-order valence-electron chi connectivity index (χ0n) is 12.0. The summed E-state index contributed by atoms with van der Waals surface area (Å²) in [6.07, 6.45) is 3.88. The van der Waals surface area contributed by atoms with Gasteiger partial charge in [0.2, 0.25) is 5.91 Å². The molecule has 4 atom stereocenters. The normalized spacial score (nSPS) is 39.9. The number of hydrogen-bond donors (Lipinski definition) is 1. The van der Waals surface area contributed by atoms with Crippen molar-refractivity contribution in [1.29, 1.82) is 0 Å². The Bertz CT molecular complexity index is 350. The lowest BCUT2D eigenvalue weighted by Crippen LogP contribution is -2.52. The minimum Gasteiger partial charge on any atom is -0.373 e. The molecule has 0 aromatic heterocycles. The van der Waals surface area contributed by atoms with Crippen LogP contribution in [0.5, 0.6) is 0 Å². The van der Waals surface area contributed by atoms with Gasteiger partial charge in [0.1, 0.15) is 0 Å². The van der Waals surface area contributed by atoms with Crippen LogP contribution in [-0.4, -0.2) is 66.3 Å². The van der Waals surface area contributed by atoms with Crippen LogP contribution in [0, 0.1) is 0 Å². The van der Waals surface area contributed by atoms with E-state index in [4.69, 9.17) is 4.74 Å². The van der Waals surface area contributed by atoms with Gasteiger partial charge in [-0.05, 0) is 32.7 Å². The summed E-state index contributed by atoms with van der Waals surface area (Å²) in [5.41, 5.74) is 0. The largest absolute Gasteiger partial charge is 0.373 e. The lowest BCUT2D eigenvalue weighted by atomic mass is 10.1. The van der Waals surface area contributed by atoms with Crippen molar-refractivity contribution in [2.24, 2.45) is 0 Å². The zero-order valence-corrected chi connectivity index (χ0v) is 12.0. The number of carbonyl (C=O) groups is 1. The molecule has 1 amide bonds. The molecule has 3 aliphatic rings. The van der Waals surface area contributed by atoms with Crippen molar-refractivity contribution in [2.75, 3.05) is 26.2 Å². The summed E-state index contributed by atoms with van der Waals surface area (Å²) >= 11 is 0. The molecule has 4 unspecified atom stereocenters. The van der Waals surface area contributed by atoms with Gasteiger partial charge < -0.3 is 9.64 Å². The Kier molecular flexibility index (Phi) is 3.78. The second kappa shape index (κ2) is 5.38. The van der Waals surface area contributed by atoms with E-state index in [0.29, 0.717) is 6.04 Å². The molecule has 0 saturated carbocycles. The average molecular weight is 267 g/mol. The Morgan fingerprint density at radius 2 is 2.32 bits per heavy atom. The van der Waals surface area contributed by atoms with Gasteiger partial charge in [-0.1, -0.05) is 6.92 Å². The average Bonchev–Trinajstić information content (AvgIpc) is 2.98. The molecule has 108 valence electrons. The molecule has 3 fully saturated rings. The predicted octanol–water partition coefficient (Wildman–Crippen LogP) is 0.406. The number of carbonyl (C=O) groups excluding carboxylic acids is 1. The Balaban J connectivity index is 1.60. The number of morpholine rings is 1. The fraction of sp³-hybridized carbons (Fsp3) is 0.929. The van der Waals surface area contributed by atoms with E-state index in [-0.39, 0.29) is 24.2 Å². The third kappa shape index (κ3) is 2.51. The monoisotopic (exact) mass is 267 g/mol. The minimum atomic E-state index is -0.0481. The first kappa shape index (κ1) is 13.3. The van der Waals surface area contributed by atoms with Crippen molar-refractivity contribution >= 4 is 5.91 Å². The smallest absolute Gasteiger partial charge is 0.240 e. The maximum absolute atomic E-state index is 12.2. The third-order valence-electron chi connectivity index (χ3n) is 4.72. The van der Waals surface area contributed by atoms with Gasteiger partial charge in [0, 0.05) is 19.1 Å². The van der Waals surface area contributed by atoms with Crippen molar-refractivity contribution in [2.45, 2.75) is 57.5 Å². The van der Waals surface area contributed by atoms with Crippen molar-refractivity contribution in [3.05, 3.63) is 0 Å². The highest BCUT2D eigenvalue weighted by atomic mass is 16.5. The van der Waals surface area contributed by atoms with Gasteiger partial charge in [0.25, 0.3) is 0 Å². The number of amides is 1. The van der Waals surface area contributed by atoms with E-state index < -0.39 is 0 Å². The van der Waals surface area contributed by atoms with Crippen LogP contribution in [0.1, 0.15) is 33.1 Å². The Morgan fingerprint density at radius 3 is 3.11 bits per heavy atom. The summed E-state index contributed by atoms with van der Waals surface area (Å²) in [7, 11) is 0. The van der Waals surface area contributed by atoms with E-state index in [2.05, 4.69) is 17.1 Å². The molecule has 19 heavy (non-hydrogen) atoms. The highest BCUT2D eigenvalue weighted by Crippen LogP contribution is 2.24. The molecule has 5 heteroatoms. The molecule has 3 aliphatic heterocycles. The standard InChI is InChI=1S/C14H25N3O2/c1-3-13-15-10(2)14(18)17(13)8-12-7-16-6-4-5-11(16)9-19-12/h10-13,15H,3-9H2,1-2H3. The van der Waals surface area contributed by atoms with Crippen molar-refractivity contribution < 1.29 is 9.53 Å². The highest BCUT2D eigenvalue weighted by molar-refractivity contribution is 5.83. The van der Waals surface area contributed by atoms with Crippen LogP contribution in [0.15, 0.2) is 0 Å². The quantitative estimate of drug-likeness (QED) is 0.804. The van der Waals surface area contributed by atoms with Crippen LogP contribution in [0.2, 0.25) is 0 Å². The van der Waals surface area contributed by atoms with Crippen molar-refractivity contribution in [3.8, 4) is 0 Å². The van der Waals surface area contributed by atoms with Gasteiger partial charge in [-0.15, -0.1) is 0 Å². The van der Waals surface area contributed by atoms with E-state index in [0.717, 1.165) is 26.1 Å². The van der Waals surface area contributed by atoms with Gasteiger partial charge in [-0.25, -0.2) is 0 Å². The molecule has 3 heterocycles. The Morgan fingerprint density at radius 1 is 1.47 bits per heavy atom. The van der Waals surface area contributed by atoms with E-state index in [1.54, 1.807) is 0 Å². The molecule has 5 nitrogen and oxygen atoms in total. The SMILES string of the molecule is CCC1NC(C)C(=O)N1CC1CN2CCCC2CO1. The molecular weight excluding hydrogens is 242 g/mol. The fourth-order valence-electron chi connectivity index (χ4n) is 3.62. The summed E-state index contributed by atoms with van der Waals surface area (Å²) in [4.78, 5) is 16.7. The van der Waals surface area contributed by atoms with Gasteiger partial charge in [0.05, 0.1) is 24.9 Å². The second-order valence-electron chi connectivity index (χ2n) is 6.05. The number of rotatable bonds is 3. The van der Waals surface area contributed by atoms with E-state index >= 15 is 0 Å². The lowest BCUT2D eigenvalue weighted by molar-refractivity contribution is -0.133. The summed E-state index contributed by atoms with van der Waals surface area (Å²) < 4.78 is 5.97. The summed E-state index contributed by atoms with van der Waals surface area (Å²) in [5, 5.41) is 3.35. The number of ether oxygens (including phenoxy) is 1. The maximum Gasteiger partial charge on any atom is 0.240 e. The number of hydrogen-bond acceptors (Lipinski definition) is 4. The van der Waals surface area contributed by atoms with Gasteiger partial charge in [0.15, 0.2) is 0 Å². The lowest BCUT2D eigenvalue weighted by Gasteiger charge is -2.37. The van der Waals surface area contributed by atoms with E-state index in [9.17, 15) is 4.79 Å². The number of fused-ring (bicyclic) bond motifs is 1. The molecule has 0 aromatic rings. The highest BCUT2D eigenvalue weighted by Gasteiger charge is 2.39. The van der Waals surface area contributed by atoms with Crippen LogP contribution < -0.4 is 5.32 Å². The molecule has 0 spiro atoms. The van der Waals surface area contributed by atoms with Gasteiger partial charge in [-0.2, -0.15) is 0 Å². The van der Waals surface area contributed by atoms with E-state index in [1.807, 2.05) is 11.8 Å². The predicted molar refractivity (Wildman–Crippen MR) is 72.7 cm³/mol. The third-order valence-corrected chi connectivity index (χ3v) is 4.72. The summed E-state index contributed by atoms with van der Waals surface area (Å²) in [6, 6.07) is 0.581. The summed E-state index contributed by atoms with van der Waals surface area (Å²) in [6.45, 7) is 7.82. The first-order valence-electron chi connectivity index (χ1n) is 7.61. The van der Waals surface area contributed by atoms with Crippen LogP contribution in [0.3, 0.4) is 0 Å². The first-order valence-corrected chi connectivity index (χ1v) is 7.61. The molecule has 3 rings (SSSR count). The molecular formula is C14H25N3O2. The van der Waals surface area contributed by atoms with Crippen LogP contribution in [0.4, 0.5) is 0 Å². The topological polar surface area (TPSA) is 44.8 Å². The Labute approximate surface area is 115 Å². The molecule has 0 bridgehead atoms. The fourth-order valence-corrected chi connectivity index (χ4v) is 3.62. The number of nitrogens with one attached hydrogen (secondary N) is 1. The molecule has 0 radical (unpaired) electrons. The van der Waals surface area contributed by atoms with Crippen LogP contribution in [0.25, 0.3) is 0 Å². The maximum atomic E-state index is 12.2. The molecule has 1 N–H and O–H groups in total. The summed E-state index contributed by atoms with van der Waals surface area (Å²) in [5.74, 6) is 0.221. The van der Waals surface area contributed by atoms with E-state index in [1.165, 1.54) is 19.4 Å².